The van der Waals surface area contributed by atoms with Crippen LogP contribution in [0.1, 0.15) is 25.0 Å². The Morgan fingerprint density at radius 2 is 1.85 bits per heavy atom. The average molecular weight is 180 g/mol. The number of aliphatic hydroxyl groups is 2. The maximum Gasteiger partial charge on any atom is 0.0840 e. The Bertz CT molecular complexity index is 229. The molecule has 0 bridgehead atoms. The lowest BCUT2D eigenvalue weighted by atomic mass is 9.94. The van der Waals surface area contributed by atoms with Gasteiger partial charge >= 0.3 is 0 Å². The quantitative estimate of drug-likeness (QED) is 0.741. The van der Waals surface area contributed by atoms with E-state index in [1.165, 1.54) is 0 Å². The molecule has 0 aromatic heterocycles. The van der Waals surface area contributed by atoms with Crippen LogP contribution >= 0.6 is 0 Å². The van der Waals surface area contributed by atoms with Gasteiger partial charge in [0.05, 0.1) is 6.10 Å². The second-order valence-corrected chi connectivity index (χ2v) is 3.21. The van der Waals surface area contributed by atoms with Gasteiger partial charge in [0, 0.05) is 12.5 Å². The van der Waals surface area contributed by atoms with E-state index in [0.717, 1.165) is 12.0 Å². The standard InChI is InChI=1S/C11H16O2/c1-2-9(8-12)11(13)10-6-4-3-5-7-10/h3-7,9,11-13H,2,8H2,1H3/t9-,11-/m0/s1. The molecule has 0 aliphatic rings. The minimum Gasteiger partial charge on any atom is -0.396 e. The summed E-state index contributed by atoms with van der Waals surface area (Å²) >= 11 is 0. The molecule has 2 nitrogen and oxygen atoms in total. The molecule has 0 saturated carbocycles. The molecule has 0 heterocycles. The molecule has 1 rings (SSSR count). The molecule has 0 unspecified atom stereocenters. The summed E-state index contributed by atoms with van der Waals surface area (Å²) in [4.78, 5) is 0. The first-order valence-corrected chi connectivity index (χ1v) is 4.63. The summed E-state index contributed by atoms with van der Waals surface area (Å²) in [5, 5.41) is 18.8. The molecule has 0 radical (unpaired) electrons. The molecule has 2 atom stereocenters. The van der Waals surface area contributed by atoms with Crippen molar-refractivity contribution in [2.75, 3.05) is 6.61 Å². The number of hydrogen-bond acceptors (Lipinski definition) is 2. The second-order valence-electron chi connectivity index (χ2n) is 3.21. The summed E-state index contributed by atoms with van der Waals surface area (Å²) in [6.45, 7) is 2.00. The summed E-state index contributed by atoms with van der Waals surface area (Å²) in [5.41, 5.74) is 0.878. The molecule has 1 aromatic carbocycles. The van der Waals surface area contributed by atoms with E-state index in [1.807, 2.05) is 37.3 Å². The van der Waals surface area contributed by atoms with Crippen molar-refractivity contribution in [3.63, 3.8) is 0 Å². The molecule has 13 heavy (non-hydrogen) atoms. The third-order valence-electron chi connectivity index (χ3n) is 2.35. The fourth-order valence-electron chi connectivity index (χ4n) is 1.37. The first kappa shape index (κ1) is 10.2. The molecule has 0 spiro atoms. The molecule has 0 amide bonds. The Morgan fingerprint density at radius 1 is 1.23 bits per heavy atom. The van der Waals surface area contributed by atoms with Crippen LogP contribution in [0.2, 0.25) is 0 Å². The topological polar surface area (TPSA) is 40.5 Å². The molecule has 0 aliphatic heterocycles. The fraction of sp³-hybridized carbons (Fsp3) is 0.455. The second kappa shape index (κ2) is 5.00. The maximum atomic E-state index is 9.82. The Kier molecular flexibility index (Phi) is 3.93. The molecule has 1 aromatic rings. The van der Waals surface area contributed by atoms with Crippen molar-refractivity contribution >= 4 is 0 Å². The van der Waals surface area contributed by atoms with E-state index in [0.29, 0.717) is 0 Å². The van der Waals surface area contributed by atoms with Crippen LogP contribution in [0, 0.1) is 5.92 Å². The van der Waals surface area contributed by atoms with Gasteiger partial charge in [-0.25, -0.2) is 0 Å². The minimum atomic E-state index is -0.545. The predicted octanol–water partition coefficient (Wildman–Crippen LogP) is 1.74. The highest BCUT2D eigenvalue weighted by molar-refractivity contribution is 5.17. The lowest BCUT2D eigenvalue weighted by molar-refractivity contribution is 0.0647. The highest BCUT2D eigenvalue weighted by Crippen LogP contribution is 2.23. The van der Waals surface area contributed by atoms with Crippen molar-refractivity contribution in [2.24, 2.45) is 5.92 Å². The Balaban J connectivity index is 2.72. The van der Waals surface area contributed by atoms with E-state index >= 15 is 0 Å². The van der Waals surface area contributed by atoms with Crippen molar-refractivity contribution in [3.05, 3.63) is 35.9 Å². The SMILES string of the molecule is CC[C@@H](CO)[C@H](O)c1ccccc1. The highest BCUT2D eigenvalue weighted by atomic mass is 16.3. The lowest BCUT2D eigenvalue weighted by Crippen LogP contribution is -2.15. The first-order valence-electron chi connectivity index (χ1n) is 4.63. The molecule has 2 N–H and O–H groups in total. The van der Waals surface area contributed by atoms with Crippen LogP contribution in [0.3, 0.4) is 0 Å². The smallest absolute Gasteiger partial charge is 0.0840 e. The first-order chi connectivity index (χ1) is 6.29. The van der Waals surface area contributed by atoms with E-state index in [-0.39, 0.29) is 12.5 Å². The molecule has 0 fully saturated rings. The van der Waals surface area contributed by atoms with Gasteiger partial charge in [-0.1, -0.05) is 37.3 Å². The van der Waals surface area contributed by atoms with E-state index in [4.69, 9.17) is 5.11 Å². The van der Waals surface area contributed by atoms with Gasteiger partial charge < -0.3 is 10.2 Å². The molecule has 2 heteroatoms. The van der Waals surface area contributed by atoms with E-state index in [2.05, 4.69) is 0 Å². The summed E-state index contributed by atoms with van der Waals surface area (Å²) in [6.07, 6.45) is 0.239. The van der Waals surface area contributed by atoms with Crippen molar-refractivity contribution in [2.45, 2.75) is 19.4 Å². The van der Waals surface area contributed by atoms with Crippen LogP contribution in [0.4, 0.5) is 0 Å². The highest BCUT2D eigenvalue weighted by Gasteiger charge is 2.17. The van der Waals surface area contributed by atoms with E-state index in [1.54, 1.807) is 0 Å². The maximum absolute atomic E-state index is 9.82. The third kappa shape index (κ3) is 2.54. The Morgan fingerprint density at radius 3 is 2.31 bits per heavy atom. The normalized spacial score (nSPS) is 15.3. The number of hydrogen-bond donors (Lipinski definition) is 2. The summed E-state index contributed by atoms with van der Waals surface area (Å²) in [6, 6.07) is 9.45. The zero-order valence-corrected chi connectivity index (χ0v) is 7.85. The van der Waals surface area contributed by atoms with Crippen molar-refractivity contribution in [3.8, 4) is 0 Å². The van der Waals surface area contributed by atoms with Crippen molar-refractivity contribution < 1.29 is 10.2 Å². The average Bonchev–Trinajstić information content (AvgIpc) is 2.21. The van der Waals surface area contributed by atoms with E-state index < -0.39 is 6.10 Å². The Labute approximate surface area is 78.8 Å². The van der Waals surface area contributed by atoms with Crippen LogP contribution in [-0.2, 0) is 0 Å². The number of benzene rings is 1. The van der Waals surface area contributed by atoms with Gasteiger partial charge in [0.25, 0.3) is 0 Å². The van der Waals surface area contributed by atoms with Crippen LogP contribution in [0.5, 0.6) is 0 Å². The van der Waals surface area contributed by atoms with Crippen LogP contribution in [0.15, 0.2) is 30.3 Å². The number of rotatable bonds is 4. The van der Waals surface area contributed by atoms with Gasteiger partial charge in [0.1, 0.15) is 0 Å². The minimum absolute atomic E-state index is 0.0343. The van der Waals surface area contributed by atoms with Gasteiger partial charge in [0.2, 0.25) is 0 Å². The van der Waals surface area contributed by atoms with Gasteiger partial charge in [-0.05, 0) is 12.0 Å². The van der Waals surface area contributed by atoms with Gasteiger partial charge in [-0.3, -0.25) is 0 Å². The van der Waals surface area contributed by atoms with Gasteiger partial charge in [-0.15, -0.1) is 0 Å². The summed E-state index contributed by atoms with van der Waals surface area (Å²) < 4.78 is 0. The molecule has 0 saturated heterocycles. The molecule has 0 aliphatic carbocycles. The zero-order chi connectivity index (χ0) is 9.68. The van der Waals surface area contributed by atoms with E-state index in [9.17, 15) is 5.11 Å². The lowest BCUT2D eigenvalue weighted by Gasteiger charge is -2.19. The van der Waals surface area contributed by atoms with Crippen molar-refractivity contribution in [1.82, 2.24) is 0 Å². The summed E-state index contributed by atoms with van der Waals surface area (Å²) in [5.74, 6) is -0.0533. The van der Waals surface area contributed by atoms with Gasteiger partial charge in [-0.2, -0.15) is 0 Å². The Hall–Kier alpha value is -0.860. The molecular weight excluding hydrogens is 164 g/mol. The zero-order valence-electron chi connectivity index (χ0n) is 7.85. The monoisotopic (exact) mass is 180 g/mol. The van der Waals surface area contributed by atoms with Crippen LogP contribution < -0.4 is 0 Å². The van der Waals surface area contributed by atoms with Crippen molar-refractivity contribution in [1.29, 1.82) is 0 Å². The third-order valence-corrected chi connectivity index (χ3v) is 2.35. The molecule has 72 valence electrons. The number of aliphatic hydroxyl groups excluding tert-OH is 2. The van der Waals surface area contributed by atoms with Crippen LogP contribution in [-0.4, -0.2) is 16.8 Å². The van der Waals surface area contributed by atoms with Gasteiger partial charge in [0.15, 0.2) is 0 Å². The molecular formula is C11H16O2. The predicted molar refractivity (Wildman–Crippen MR) is 52.3 cm³/mol. The fourth-order valence-corrected chi connectivity index (χ4v) is 1.37. The van der Waals surface area contributed by atoms with Crippen LogP contribution in [0.25, 0.3) is 0 Å². The largest absolute Gasteiger partial charge is 0.396 e. The summed E-state index contributed by atoms with van der Waals surface area (Å²) in [7, 11) is 0.